The molecule has 0 spiro atoms. The Kier molecular flexibility index (Phi) is 4.41. The van der Waals surface area contributed by atoms with E-state index in [-0.39, 0.29) is 0 Å². The van der Waals surface area contributed by atoms with E-state index in [4.69, 9.17) is 4.74 Å². The minimum Gasteiger partial charge on any atom is -0.374 e. The molecule has 1 heterocycles. The average molecular weight is 218 g/mol. The molecule has 2 atom stereocenters. The normalized spacial score (nSPS) is 25.6. The predicted octanol–water partition coefficient (Wildman–Crippen LogP) is 4.34. The van der Waals surface area contributed by atoms with Crippen LogP contribution in [0.4, 0.5) is 0 Å². The maximum Gasteiger partial charge on any atom is 0.0827 e. The van der Waals surface area contributed by atoms with E-state index in [0.29, 0.717) is 6.10 Å². The molecule has 16 heavy (non-hydrogen) atoms. The minimum absolute atomic E-state index is 0.344. The zero-order chi connectivity index (χ0) is 11.2. The molecule has 2 rings (SSSR count). The Bertz CT molecular complexity index is 294. The fourth-order valence-electron chi connectivity index (χ4n) is 2.52. The first-order valence-electron chi connectivity index (χ1n) is 6.56. The van der Waals surface area contributed by atoms with Crippen molar-refractivity contribution in [2.45, 2.75) is 45.1 Å². The number of unbranched alkanes of at least 4 members (excludes halogenated alkanes) is 1. The van der Waals surface area contributed by atoms with Crippen LogP contribution in [0.2, 0.25) is 0 Å². The quantitative estimate of drug-likeness (QED) is 0.730. The number of benzene rings is 1. The molecule has 0 bridgehead atoms. The van der Waals surface area contributed by atoms with Gasteiger partial charge in [0.25, 0.3) is 0 Å². The summed E-state index contributed by atoms with van der Waals surface area (Å²) in [5.41, 5.74) is 1.35. The van der Waals surface area contributed by atoms with E-state index in [0.717, 1.165) is 12.5 Å². The summed E-state index contributed by atoms with van der Waals surface area (Å²) in [5, 5.41) is 0. The van der Waals surface area contributed by atoms with Crippen LogP contribution in [0.5, 0.6) is 0 Å². The van der Waals surface area contributed by atoms with E-state index in [1.54, 1.807) is 0 Å². The van der Waals surface area contributed by atoms with Gasteiger partial charge < -0.3 is 4.74 Å². The molecule has 2 unspecified atom stereocenters. The summed E-state index contributed by atoms with van der Waals surface area (Å²) in [5.74, 6) is 0.874. The van der Waals surface area contributed by atoms with Crippen LogP contribution in [0, 0.1) is 5.92 Å². The van der Waals surface area contributed by atoms with E-state index < -0.39 is 0 Å². The second-order valence-corrected chi connectivity index (χ2v) is 4.80. The molecule has 1 aromatic rings. The van der Waals surface area contributed by atoms with Gasteiger partial charge in [-0.2, -0.15) is 0 Å². The lowest BCUT2D eigenvalue weighted by atomic mass is 9.88. The third kappa shape index (κ3) is 3.08. The molecule has 0 aliphatic carbocycles. The summed E-state index contributed by atoms with van der Waals surface area (Å²) in [6.45, 7) is 3.21. The Morgan fingerprint density at radius 2 is 2.06 bits per heavy atom. The van der Waals surface area contributed by atoms with Gasteiger partial charge in [0, 0.05) is 6.61 Å². The molecule has 1 nitrogen and oxygen atoms in total. The summed E-state index contributed by atoms with van der Waals surface area (Å²) in [7, 11) is 0. The summed E-state index contributed by atoms with van der Waals surface area (Å²) in [6.07, 6.45) is 6.87. The minimum atomic E-state index is 0.344. The van der Waals surface area contributed by atoms with Crippen molar-refractivity contribution >= 4 is 0 Å². The highest BCUT2D eigenvalue weighted by atomic mass is 16.5. The summed E-state index contributed by atoms with van der Waals surface area (Å²) in [4.78, 5) is 0. The molecule has 0 amide bonds. The first-order chi connectivity index (χ1) is 7.90. The van der Waals surface area contributed by atoms with Gasteiger partial charge in [-0.25, -0.2) is 0 Å². The molecule has 0 saturated carbocycles. The van der Waals surface area contributed by atoms with Crippen molar-refractivity contribution in [2.75, 3.05) is 6.61 Å². The fourth-order valence-corrected chi connectivity index (χ4v) is 2.52. The maximum atomic E-state index is 5.87. The fraction of sp³-hybridized carbons (Fsp3) is 0.600. The standard InChI is InChI=1S/C15H22O/c1-2-3-7-13-10-11-16-15(12-13)14-8-5-4-6-9-14/h4-6,8-9,13,15H,2-3,7,10-12H2,1H3. The zero-order valence-corrected chi connectivity index (χ0v) is 10.2. The first-order valence-corrected chi connectivity index (χ1v) is 6.56. The molecule has 0 aromatic heterocycles. The van der Waals surface area contributed by atoms with Crippen LogP contribution in [-0.2, 0) is 4.74 Å². The van der Waals surface area contributed by atoms with Gasteiger partial charge in [-0.3, -0.25) is 0 Å². The lowest BCUT2D eigenvalue weighted by molar-refractivity contribution is -0.0124. The Morgan fingerprint density at radius 3 is 2.81 bits per heavy atom. The van der Waals surface area contributed by atoms with Crippen molar-refractivity contribution < 1.29 is 4.74 Å². The van der Waals surface area contributed by atoms with E-state index in [1.807, 2.05) is 0 Å². The second-order valence-electron chi connectivity index (χ2n) is 4.80. The van der Waals surface area contributed by atoms with Gasteiger partial charge in [-0.05, 0) is 24.3 Å². The van der Waals surface area contributed by atoms with Crippen LogP contribution in [0.25, 0.3) is 0 Å². The van der Waals surface area contributed by atoms with Crippen molar-refractivity contribution in [1.29, 1.82) is 0 Å². The first kappa shape index (κ1) is 11.7. The molecule has 1 heteroatoms. The molecule has 1 aliphatic heterocycles. The monoisotopic (exact) mass is 218 g/mol. The van der Waals surface area contributed by atoms with E-state index in [1.165, 1.54) is 37.7 Å². The summed E-state index contributed by atoms with van der Waals surface area (Å²) >= 11 is 0. The van der Waals surface area contributed by atoms with Crippen molar-refractivity contribution in [3.05, 3.63) is 35.9 Å². The van der Waals surface area contributed by atoms with Crippen LogP contribution in [0.3, 0.4) is 0 Å². The second kappa shape index (κ2) is 6.05. The average Bonchev–Trinajstić information content (AvgIpc) is 2.38. The summed E-state index contributed by atoms with van der Waals surface area (Å²) < 4.78 is 5.87. The molecule has 1 saturated heterocycles. The third-order valence-corrected chi connectivity index (χ3v) is 3.53. The number of hydrogen-bond acceptors (Lipinski definition) is 1. The van der Waals surface area contributed by atoms with Crippen LogP contribution in [0.1, 0.15) is 50.7 Å². The molecular weight excluding hydrogens is 196 g/mol. The van der Waals surface area contributed by atoms with Crippen LogP contribution in [0.15, 0.2) is 30.3 Å². The molecule has 0 radical (unpaired) electrons. The lowest BCUT2D eigenvalue weighted by Crippen LogP contribution is -2.19. The smallest absolute Gasteiger partial charge is 0.0827 e. The molecule has 0 N–H and O–H groups in total. The van der Waals surface area contributed by atoms with Gasteiger partial charge in [0.2, 0.25) is 0 Å². The number of hydrogen-bond donors (Lipinski definition) is 0. The van der Waals surface area contributed by atoms with Gasteiger partial charge in [0.05, 0.1) is 6.10 Å². The van der Waals surface area contributed by atoms with Gasteiger partial charge in [-0.1, -0.05) is 56.5 Å². The topological polar surface area (TPSA) is 9.23 Å². The van der Waals surface area contributed by atoms with E-state index >= 15 is 0 Å². The van der Waals surface area contributed by atoms with Crippen molar-refractivity contribution in [3.8, 4) is 0 Å². The molecule has 1 fully saturated rings. The highest BCUT2D eigenvalue weighted by Crippen LogP contribution is 2.33. The van der Waals surface area contributed by atoms with Gasteiger partial charge >= 0.3 is 0 Å². The lowest BCUT2D eigenvalue weighted by Gasteiger charge is -2.29. The zero-order valence-electron chi connectivity index (χ0n) is 10.2. The van der Waals surface area contributed by atoms with Crippen LogP contribution >= 0.6 is 0 Å². The Morgan fingerprint density at radius 1 is 1.25 bits per heavy atom. The summed E-state index contributed by atoms with van der Waals surface area (Å²) in [6, 6.07) is 10.7. The number of rotatable bonds is 4. The van der Waals surface area contributed by atoms with Crippen molar-refractivity contribution in [2.24, 2.45) is 5.92 Å². The Balaban J connectivity index is 1.91. The molecule has 88 valence electrons. The maximum absolute atomic E-state index is 5.87. The largest absolute Gasteiger partial charge is 0.374 e. The molecule has 1 aliphatic rings. The van der Waals surface area contributed by atoms with Crippen molar-refractivity contribution in [3.63, 3.8) is 0 Å². The molecular formula is C15H22O. The van der Waals surface area contributed by atoms with E-state index in [9.17, 15) is 0 Å². The van der Waals surface area contributed by atoms with Crippen LogP contribution in [-0.4, -0.2) is 6.61 Å². The van der Waals surface area contributed by atoms with Crippen molar-refractivity contribution in [1.82, 2.24) is 0 Å². The van der Waals surface area contributed by atoms with Gasteiger partial charge in [0.1, 0.15) is 0 Å². The van der Waals surface area contributed by atoms with Crippen LogP contribution < -0.4 is 0 Å². The predicted molar refractivity (Wildman–Crippen MR) is 67.4 cm³/mol. The molecule has 1 aromatic carbocycles. The highest BCUT2D eigenvalue weighted by Gasteiger charge is 2.23. The number of ether oxygens (including phenoxy) is 1. The Labute approximate surface area is 98.8 Å². The third-order valence-electron chi connectivity index (χ3n) is 3.53. The Hall–Kier alpha value is -0.820. The van der Waals surface area contributed by atoms with Gasteiger partial charge in [0.15, 0.2) is 0 Å². The SMILES string of the molecule is CCCCC1CCOC(c2ccccc2)C1. The van der Waals surface area contributed by atoms with Gasteiger partial charge in [-0.15, -0.1) is 0 Å². The highest BCUT2D eigenvalue weighted by molar-refractivity contribution is 5.17. The van der Waals surface area contributed by atoms with E-state index in [2.05, 4.69) is 37.3 Å².